The molecule has 0 aromatic heterocycles. The predicted molar refractivity (Wildman–Crippen MR) is 69.6 cm³/mol. The molecule has 0 atom stereocenters. The monoisotopic (exact) mass is 270 g/mol. The predicted octanol–water partition coefficient (Wildman–Crippen LogP) is 2.74. The van der Waals surface area contributed by atoms with Gasteiger partial charge in [0.05, 0.1) is 16.2 Å². The number of unbranched alkanes of at least 4 members (excludes halogenated alkanes) is 3. The van der Waals surface area contributed by atoms with Gasteiger partial charge in [-0.05, 0) is 30.7 Å². The van der Waals surface area contributed by atoms with Gasteiger partial charge in [0.15, 0.2) is 9.84 Å². The fourth-order valence-electron chi connectivity index (χ4n) is 1.64. The molecule has 0 aliphatic carbocycles. The Morgan fingerprint density at radius 1 is 1.11 bits per heavy atom. The molecule has 4 nitrogen and oxygen atoms in total. The van der Waals surface area contributed by atoms with E-state index in [1.807, 2.05) is 0 Å². The van der Waals surface area contributed by atoms with E-state index >= 15 is 0 Å². The number of carbonyl (C=O) groups is 1. The van der Waals surface area contributed by atoms with Gasteiger partial charge < -0.3 is 5.11 Å². The number of hydrogen-bond donors (Lipinski definition) is 1. The third-order valence-corrected chi connectivity index (χ3v) is 4.54. The van der Waals surface area contributed by atoms with Crippen LogP contribution in [0.15, 0.2) is 29.2 Å². The molecule has 1 aromatic rings. The maximum atomic E-state index is 11.9. The molecule has 5 heteroatoms. The van der Waals surface area contributed by atoms with Gasteiger partial charge >= 0.3 is 5.97 Å². The summed E-state index contributed by atoms with van der Waals surface area (Å²) < 4.78 is 23.9. The van der Waals surface area contributed by atoms with Crippen LogP contribution in [0, 0.1) is 0 Å². The van der Waals surface area contributed by atoms with Gasteiger partial charge in [-0.3, -0.25) is 0 Å². The van der Waals surface area contributed by atoms with E-state index in [2.05, 4.69) is 6.92 Å². The van der Waals surface area contributed by atoms with Crippen molar-refractivity contribution in [3.63, 3.8) is 0 Å². The van der Waals surface area contributed by atoms with Crippen molar-refractivity contribution in [3.05, 3.63) is 29.8 Å². The van der Waals surface area contributed by atoms with Gasteiger partial charge in [0.2, 0.25) is 0 Å². The summed E-state index contributed by atoms with van der Waals surface area (Å²) >= 11 is 0. The summed E-state index contributed by atoms with van der Waals surface area (Å²) in [6.07, 6.45) is 3.65. The molecule has 0 saturated carbocycles. The lowest BCUT2D eigenvalue weighted by Gasteiger charge is -2.04. The highest BCUT2D eigenvalue weighted by atomic mass is 32.2. The third kappa shape index (κ3) is 4.14. The van der Waals surface area contributed by atoms with E-state index in [4.69, 9.17) is 5.11 Å². The van der Waals surface area contributed by atoms with E-state index < -0.39 is 15.8 Å². The van der Waals surface area contributed by atoms with Crippen LogP contribution < -0.4 is 0 Å². The van der Waals surface area contributed by atoms with E-state index in [1.54, 1.807) is 0 Å². The molecule has 0 aliphatic rings. The fourth-order valence-corrected chi connectivity index (χ4v) is 3.01. The quantitative estimate of drug-likeness (QED) is 0.773. The van der Waals surface area contributed by atoms with Gasteiger partial charge in [0.25, 0.3) is 0 Å². The highest BCUT2D eigenvalue weighted by Crippen LogP contribution is 2.14. The number of hydrogen-bond acceptors (Lipinski definition) is 3. The van der Waals surface area contributed by atoms with Crippen LogP contribution in [0.25, 0.3) is 0 Å². The van der Waals surface area contributed by atoms with Crippen molar-refractivity contribution < 1.29 is 18.3 Å². The van der Waals surface area contributed by atoms with Crippen LogP contribution in [0.1, 0.15) is 43.0 Å². The van der Waals surface area contributed by atoms with Crippen LogP contribution in [0.4, 0.5) is 0 Å². The molecule has 0 radical (unpaired) electrons. The highest BCUT2D eigenvalue weighted by molar-refractivity contribution is 7.91. The van der Waals surface area contributed by atoms with Crippen molar-refractivity contribution in [1.29, 1.82) is 0 Å². The van der Waals surface area contributed by atoms with Crippen LogP contribution in [0.3, 0.4) is 0 Å². The lowest BCUT2D eigenvalue weighted by molar-refractivity contribution is 0.0697. The Kier molecular flexibility index (Phi) is 5.34. The Morgan fingerprint density at radius 3 is 2.22 bits per heavy atom. The number of benzene rings is 1. The lowest BCUT2D eigenvalue weighted by Crippen LogP contribution is -2.07. The molecule has 0 saturated heterocycles. The SMILES string of the molecule is CCCCCCS(=O)(=O)c1ccc(C(=O)O)cc1. The topological polar surface area (TPSA) is 71.4 Å². The molecule has 0 bridgehead atoms. The zero-order chi connectivity index (χ0) is 13.6. The average molecular weight is 270 g/mol. The molecule has 100 valence electrons. The smallest absolute Gasteiger partial charge is 0.335 e. The normalized spacial score (nSPS) is 11.4. The minimum atomic E-state index is -3.28. The lowest BCUT2D eigenvalue weighted by atomic mass is 10.2. The Bertz CT molecular complexity index is 488. The first-order valence-corrected chi connectivity index (χ1v) is 7.68. The molecular formula is C13H18O4S. The minimum absolute atomic E-state index is 0.0972. The molecule has 1 aromatic carbocycles. The Balaban J connectivity index is 2.70. The van der Waals surface area contributed by atoms with Crippen molar-refractivity contribution >= 4 is 15.8 Å². The maximum Gasteiger partial charge on any atom is 0.335 e. The number of sulfone groups is 1. The zero-order valence-electron chi connectivity index (χ0n) is 10.4. The summed E-state index contributed by atoms with van der Waals surface area (Å²) in [6.45, 7) is 2.07. The molecule has 0 amide bonds. The highest BCUT2D eigenvalue weighted by Gasteiger charge is 2.14. The second kappa shape index (κ2) is 6.54. The summed E-state index contributed by atoms with van der Waals surface area (Å²) in [5, 5.41) is 8.73. The molecular weight excluding hydrogens is 252 g/mol. The van der Waals surface area contributed by atoms with Crippen molar-refractivity contribution in [2.24, 2.45) is 0 Å². The molecule has 0 unspecified atom stereocenters. The van der Waals surface area contributed by atoms with Gasteiger partial charge in [-0.25, -0.2) is 13.2 Å². The summed E-state index contributed by atoms with van der Waals surface area (Å²) in [7, 11) is -3.28. The van der Waals surface area contributed by atoms with Gasteiger partial charge in [-0.1, -0.05) is 26.2 Å². The van der Waals surface area contributed by atoms with Crippen LogP contribution in [-0.4, -0.2) is 25.2 Å². The molecule has 0 aliphatic heterocycles. The maximum absolute atomic E-state index is 11.9. The minimum Gasteiger partial charge on any atom is -0.478 e. The van der Waals surface area contributed by atoms with Gasteiger partial charge in [0.1, 0.15) is 0 Å². The summed E-state index contributed by atoms with van der Waals surface area (Å²) in [6, 6.07) is 5.36. The molecule has 1 N–H and O–H groups in total. The van der Waals surface area contributed by atoms with Crippen molar-refractivity contribution in [2.45, 2.75) is 37.5 Å². The second-order valence-electron chi connectivity index (χ2n) is 4.21. The fraction of sp³-hybridized carbons (Fsp3) is 0.462. The Labute approximate surface area is 108 Å². The van der Waals surface area contributed by atoms with E-state index in [9.17, 15) is 13.2 Å². The summed E-state index contributed by atoms with van der Waals surface area (Å²) in [5.41, 5.74) is 0.0972. The van der Waals surface area contributed by atoms with Crippen LogP contribution in [0.5, 0.6) is 0 Å². The Hall–Kier alpha value is -1.36. The standard InChI is InChI=1S/C13H18O4S/c1-2-3-4-5-10-18(16,17)12-8-6-11(7-9-12)13(14)15/h6-9H,2-5,10H2,1H3,(H,14,15). The Morgan fingerprint density at radius 2 is 1.72 bits per heavy atom. The largest absolute Gasteiger partial charge is 0.478 e. The molecule has 18 heavy (non-hydrogen) atoms. The first-order valence-electron chi connectivity index (χ1n) is 6.03. The van der Waals surface area contributed by atoms with E-state index in [-0.39, 0.29) is 16.2 Å². The van der Waals surface area contributed by atoms with Crippen molar-refractivity contribution in [1.82, 2.24) is 0 Å². The van der Waals surface area contributed by atoms with Crippen LogP contribution >= 0.6 is 0 Å². The molecule has 0 fully saturated rings. The zero-order valence-corrected chi connectivity index (χ0v) is 11.2. The first kappa shape index (κ1) is 14.7. The van der Waals surface area contributed by atoms with Gasteiger partial charge in [0, 0.05) is 0 Å². The second-order valence-corrected chi connectivity index (χ2v) is 6.32. The number of aromatic carboxylic acids is 1. The van der Waals surface area contributed by atoms with Crippen LogP contribution in [-0.2, 0) is 9.84 Å². The average Bonchev–Trinajstić information content (AvgIpc) is 2.35. The van der Waals surface area contributed by atoms with Crippen molar-refractivity contribution in [3.8, 4) is 0 Å². The first-order chi connectivity index (χ1) is 8.47. The summed E-state index contributed by atoms with van der Waals surface area (Å²) in [5.74, 6) is -0.929. The van der Waals surface area contributed by atoms with Crippen LogP contribution in [0.2, 0.25) is 0 Å². The van der Waals surface area contributed by atoms with Crippen molar-refractivity contribution in [2.75, 3.05) is 5.75 Å². The number of carboxylic acid groups (broad SMARTS) is 1. The molecule has 0 spiro atoms. The summed E-state index contributed by atoms with van der Waals surface area (Å²) in [4.78, 5) is 10.9. The number of rotatable bonds is 7. The van der Waals surface area contributed by atoms with E-state index in [1.165, 1.54) is 24.3 Å². The number of carboxylic acids is 1. The van der Waals surface area contributed by atoms with E-state index in [0.29, 0.717) is 6.42 Å². The van der Waals surface area contributed by atoms with E-state index in [0.717, 1.165) is 19.3 Å². The van der Waals surface area contributed by atoms with Gasteiger partial charge in [-0.2, -0.15) is 0 Å². The molecule has 0 heterocycles. The van der Waals surface area contributed by atoms with Gasteiger partial charge in [-0.15, -0.1) is 0 Å². The molecule has 1 rings (SSSR count). The third-order valence-electron chi connectivity index (χ3n) is 2.73.